The molecule has 1 saturated heterocycles. The number of nitrogens with zero attached hydrogens (tertiary/aromatic N) is 3. The zero-order valence-corrected chi connectivity index (χ0v) is 20.6. The second-order valence-corrected chi connectivity index (χ2v) is 11.1. The van der Waals surface area contributed by atoms with Crippen molar-refractivity contribution in [3.63, 3.8) is 0 Å². The van der Waals surface area contributed by atoms with Crippen molar-refractivity contribution >= 4 is 27.3 Å². The van der Waals surface area contributed by atoms with E-state index in [1.54, 1.807) is 46.6 Å². The predicted octanol–water partition coefficient (Wildman–Crippen LogP) is 3.79. The number of aryl methyl sites for hydroxylation is 3. The van der Waals surface area contributed by atoms with Crippen LogP contribution < -0.4 is 4.74 Å². The number of amides is 1. The van der Waals surface area contributed by atoms with Crippen LogP contribution in [0.4, 0.5) is 0 Å². The fraction of sp³-hybridized carbons (Fsp3) is 0.333. The van der Waals surface area contributed by atoms with Crippen molar-refractivity contribution in [3.8, 4) is 5.75 Å². The summed E-state index contributed by atoms with van der Waals surface area (Å²) in [7, 11) is -3.58. The Morgan fingerprint density at radius 1 is 1.03 bits per heavy atom. The van der Waals surface area contributed by atoms with E-state index >= 15 is 0 Å². The second-order valence-electron chi connectivity index (χ2n) is 8.14. The minimum Gasteiger partial charge on any atom is -0.487 e. The van der Waals surface area contributed by atoms with Gasteiger partial charge in [0, 0.05) is 37.1 Å². The summed E-state index contributed by atoms with van der Waals surface area (Å²) in [4.78, 5) is 19.3. The molecule has 0 atom stereocenters. The van der Waals surface area contributed by atoms with Crippen molar-refractivity contribution in [3.05, 3.63) is 75.2 Å². The molecule has 33 heavy (non-hydrogen) atoms. The number of piperazine rings is 1. The Kier molecular flexibility index (Phi) is 6.83. The normalized spacial score (nSPS) is 14.9. The van der Waals surface area contributed by atoms with Gasteiger partial charge in [-0.2, -0.15) is 4.31 Å². The molecule has 7 nitrogen and oxygen atoms in total. The molecule has 0 radical (unpaired) electrons. The average molecular weight is 486 g/mol. The molecule has 1 aliphatic rings. The summed E-state index contributed by atoms with van der Waals surface area (Å²) in [6, 6.07) is 12.4. The van der Waals surface area contributed by atoms with Crippen LogP contribution in [-0.4, -0.2) is 54.7 Å². The van der Waals surface area contributed by atoms with Crippen molar-refractivity contribution in [2.75, 3.05) is 26.2 Å². The number of benzene rings is 2. The van der Waals surface area contributed by atoms with Gasteiger partial charge in [-0.05, 0) is 56.7 Å². The third-order valence-electron chi connectivity index (χ3n) is 5.63. The molecule has 1 aliphatic heterocycles. The van der Waals surface area contributed by atoms with Crippen molar-refractivity contribution in [1.82, 2.24) is 14.2 Å². The van der Waals surface area contributed by atoms with Gasteiger partial charge in [-0.25, -0.2) is 13.4 Å². The van der Waals surface area contributed by atoms with Crippen molar-refractivity contribution in [2.24, 2.45) is 0 Å². The molecule has 2 heterocycles. The second kappa shape index (κ2) is 9.62. The quantitative estimate of drug-likeness (QED) is 0.531. The monoisotopic (exact) mass is 485 g/mol. The van der Waals surface area contributed by atoms with Crippen LogP contribution in [0.1, 0.15) is 32.2 Å². The molecular formula is C24H27N3O4S2. The lowest BCUT2D eigenvalue weighted by Crippen LogP contribution is -2.50. The Hall–Kier alpha value is -2.75. The summed E-state index contributed by atoms with van der Waals surface area (Å²) in [5, 5.41) is 2.96. The molecule has 4 rings (SSSR count). The Labute approximate surface area is 198 Å². The molecule has 0 spiro atoms. The lowest BCUT2D eigenvalue weighted by atomic mass is 10.2. The lowest BCUT2D eigenvalue weighted by molar-refractivity contribution is 0.0698. The summed E-state index contributed by atoms with van der Waals surface area (Å²) in [6.07, 6.45) is 0. The van der Waals surface area contributed by atoms with Gasteiger partial charge >= 0.3 is 0 Å². The van der Waals surface area contributed by atoms with Crippen LogP contribution in [0.25, 0.3) is 0 Å². The van der Waals surface area contributed by atoms with E-state index in [1.807, 2.05) is 38.3 Å². The maximum Gasteiger partial charge on any atom is 0.253 e. The molecule has 0 bridgehead atoms. The van der Waals surface area contributed by atoms with E-state index in [9.17, 15) is 13.2 Å². The first-order valence-corrected chi connectivity index (χ1v) is 13.1. The fourth-order valence-corrected chi connectivity index (χ4v) is 6.09. The first-order valence-electron chi connectivity index (χ1n) is 10.7. The van der Waals surface area contributed by atoms with Gasteiger partial charge < -0.3 is 9.64 Å². The van der Waals surface area contributed by atoms with E-state index in [4.69, 9.17) is 4.74 Å². The van der Waals surface area contributed by atoms with Gasteiger partial charge in [-0.3, -0.25) is 4.79 Å². The van der Waals surface area contributed by atoms with E-state index in [-0.39, 0.29) is 19.0 Å². The van der Waals surface area contributed by atoms with Crippen molar-refractivity contribution in [2.45, 2.75) is 32.3 Å². The third kappa shape index (κ3) is 5.26. The predicted molar refractivity (Wildman–Crippen MR) is 128 cm³/mol. The highest BCUT2D eigenvalue weighted by Crippen LogP contribution is 2.23. The van der Waals surface area contributed by atoms with Crippen LogP contribution >= 0.6 is 11.3 Å². The van der Waals surface area contributed by atoms with Crippen LogP contribution in [0, 0.1) is 20.8 Å². The highest BCUT2D eigenvalue weighted by molar-refractivity contribution is 7.89. The average Bonchev–Trinajstić information content (AvgIpc) is 3.22. The molecule has 1 fully saturated rings. The van der Waals surface area contributed by atoms with E-state index in [0.29, 0.717) is 35.9 Å². The van der Waals surface area contributed by atoms with Gasteiger partial charge in [0.15, 0.2) is 0 Å². The van der Waals surface area contributed by atoms with E-state index < -0.39 is 10.0 Å². The summed E-state index contributed by atoms with van der Waals surface area (Å²) in [5.74, 6) is 0.557. The number of aromatic nitrogens is 1. The first-order chi connectivity index (χ1) is 15.7. The SMILES string of the molecule is Cc1ccc(S(=O)(=O)N2CCN(C(=O)c3ccc(OCc4csc(C)n4)cc3)CC2)c(C)c1. The highest BCUT2D eigenvalue weighted by atomic mass is 32.2. The topological polar surface area (TPSA) is 79.8 Å². The van der Waals surface area contributed by atoms with Crippen LogP contribution in [0.3, 0.4) is 0 Å². The summed E-state index contributed by atoms with van der Waals surface area (Å²) < 4.78 is 33.4. The Morgan fingerprint density at radius 3 is 2.33 bits per heavy atom. The minimum atomic E-state index is -3.58. The van der Waals surface area contributed by atoms with Gasteiger partial charge in [0.1, 0.15) is 12.4 Å². The number of rotatable bonds is 6. The van der Waals surface area contributed by atoms with Crippen molar-refractivity contribution < 1.29 is 17.9 Å². The number of hydrogen-bond acceptors (Lipinski definition) is 6. The number of carbonyl (C=O) groups excluding carboxylic acids is 1. The summed E-state index contributed by atoms with van der Waals surface area (Å²) in [6.45, 7) is 7.33. The van der Waals surface area contributed by atoms with Gasteiger partial charge in [0.2, 0.25) is 10.0 Å². The zero-order valence-electron chi connectivity index (χ0n) is 18.9. The number of sulfonamides is 1. The smallest absolute Gasteiger partial charge is 0.253 e. The lowest BCUT2D eigenvalue weighted by Gasteiger charge is -2.34. The van der Waals surface area contributed by atoms with E-state index in [2.05, 4.69) is 4.98 Å². The molecule has 0 aliphatic carbocycles. The van der Waals surface area contributed by atoms with Crippen LogP contribution in [0.15, 0.2) is 52.7 Å². The standard InChI is InChI=1S/C24H27N3O4S2/c1-17-4-9-23(18(2)14-17)33(29,30)27-12-10-26(11-13-27)24(28)20-5-7-22(8-6-20)31-15-21-16-32-19(3)25-21/h4-9,14,16H,10-13,15H2,1-3H3. The number of carbonyl (C=O) groups is 1. The third-order valence-corrected chi connectivity index (χ3v) is 8.51. The summed E-state index contributed by atoms with van der Waals surface area (Å²) >= 11 is 1.58. The Morgan fingerprint density at radius 2 is 1.73 bits per heavy atom. The highest BCUT2D eigenvalue weighted by Gasteiger charge is 2.31. The van der Waals surface area contributed by atoms with Gasteiger partial charge in [-0.15, -0.1) is 11.3 Å². The summed E-state index contributed by atoms with van der Waals surface area (Å²) in [5.41, 5.74) is 3.20. The Bertz CT molecular complexity index is 1240. The molecule has 174 valence electrons. The van der Waals surface area contributed by atoms with Crippen molar-refractivity contribution in [1.29, 1.82) is 0 Å². The molecule has 1 amide bonds. The molecule has 2 aromatic carbocycles. The molecule has 0 saturated carbocycles. The largest absolute Gasteiger partial charge is 0.487 e. The maximum absolute atomic E-state index is 13.1. The molecule has 0 N–H and O–H groups in total. The van der Waals surface area contributed by atoms with Crippen LogP contribution in [0.2, 0.25) is 0 Å². The maximum atomic E-state index is 13.1. The zero-order chi connectivity index (χ0) is 23.6. The molecule has 9 heteroatoms. The van der Waals surface area contributed by atoms with Crippen LogP contribution in [-0.2, 0) is 16.6 Å². The van der Waals surface area contributed by atoms with E-state index in [0.717, 1.165) is 21.8 Å². The number of ether oxygens (including phenoxy) is 1. The molecule has 3 aromatic rings. The van der Waals surface area contributed by atoms with Gasteiger partial charge in [0.05, 0.1) is 15.6 Å². The number of thiazole rings is 1. The van der Waals surface area contributed by atoms with Crippen LogP contribution in [0.5, 0.6) is 5.75 Å². The Balaban J connectivity index is 1.35. The van der Waals surface area contributed by atoms with Gasteiger partial charge in [0.25, 0.3) is 5.91 Å². The van der Waals surface area contributed by atoms with Gasteiger partial charge in [-0.1, -0.05) is 17.7 Å². The minimum absolute atomic E-state index is 0.111. The number of hydrogen-bond donors (Lipinski definition) is 0. The molecule has 0 unspecified atom stereocenters. The first kappa shape index (κ1) is 23.4. The molecular weight excluding hydrogens is 458 g/mol. The fourth-order valence-electron chi connectivity index (χ4n) is 3.87. The van der Waals surface area contributed by atoms with E-state index in [1.165, 1.54) is 4.31 Å². The molecule has 1 aromatic heterocycles.